The minimum atomic E-state index is -3.34. The van der Waals surface area contributed by atoms with Crippen molar-refractivity contribution >= 4 is 15.6 Å². The number of benzene rings is 1. The fourth-order valence-corrected chi connectivity index (χ4v) is 4.32. The van der Waals surface area contributed by atoms with Crippen LogP contribution in [0.2, 0.25) is 0 Å². The molecule has 5 nitrogen and oxygen atoms in total. The van der Waals surface area contributed by atoms with Gasteiger partial charge in [0.15, 0.2) is 15.6 Å². The molecule has 0 amide bonds. The molecule has 1 aromatic carbocycles. The maximum atomic E-state index is 12.6. The molecule has 0 aliphatic carbocycles. The summed E-state index contributed by atoms with van der Waals surface area (Å²) in [7, 11) is -1.78. The highest BCUT2D eigenvalue weighted by Gasteiger charge is 2.36. The smallest absolute Gasteiger partial charge is 0.184 e. The van der Waals surface area contributed by atoms with Gasteiger partial charge in [0.2, 0.25) is 0 Å². The number of methoxy groups -OCH3 is 1. The first-order valence-electron chi connectivity index (χ1n) is 7.03. The molecule has 1 heterocycles. The van der Waals surface area contributed by atoms with Crippen LogP contribution in [-0.2, 0) is 14.6 Å². The van der Waals surface area contributed by atoms with E-state index in [1.807, 2.05) is 0 Å². The molecule has 21 heavy (non-hydrogen) atoms. The molecule has 0 bridgehead atoms. The van der Waals surface area contributed by atoms with Crippen molar-refractivity contribution in [3.05, 3.63) is 29.8 Å². The Balaban J connectivity index is 2.22. The molecule has 1 aliphatic heterocycles. The van der Waals surface area contributed by atoms with Crippen LogP contribution in [0.15, 0.2) is 24.3 Å². The van der Waals surface area contributed by atoms with Gasteiger partial charge in [0.1, 0.15) is 17.6 Å². The summed E-state index contributed by atoms with van der Waals surface area (Å²) in [4.78, 5) is 12.6. The molecule has 0 N–H and O–H groups in total. The number of carbonyl (C=O) groups is 1. The van der Waals surface area contributed by atoms with Crippen molar-refractivity contribution < 1.29 is 22.7 Å². The molecule has 1 fully saturated rings. The van der Waals surface area contributed by atoms with Gasteiger partial charge in [-0.15, -0.1) is 0 Å². The molecule has 1 unspecified atom stereocenters. The summed E-state index contributed by atoms with van der Waals surface area (Å²) in [6.07, 6.45) is 1.80. The number of ketones is 1. The lowest BCUT2D eigenvalue weighted by atomic mass is 10.0. The van der Waals surface area contributed by atoms with Crippen molar-refractivity contribution in [2.45, 2.75) is 24.5 Å². The van der Waals surface area contributed by atoms with E-state index in [0.717, 1.165) is 6.42 Å². The van der Waals surface area contributed by atoms with Gasteiger partial charge in [-0.05, 0) is 25.0 Å². The molecule has 6 heteroatoms. The second-order valence-corrected chi connectivity index (χ2v) is 7.36. The van der Waals surface area contributed by atoms with E-state index >= 15 is 0 Å². The molecule has 2 rings (SSSR count). The lowest BCUT2D eigenvalue weighted by molar-refractivity contribution is 0.0973. The summed E-state index contributed by atoms with van der Waals surface area (Å²) in [5.74, 6) is 0.152. The Bertz CT molecular complexity index is 594. The van der Waals surface area contributed by atoms with Crippen LogP contribution < -0.4 is 4.74 Å². The van der Waals surface area contributed by atoms with Crippen molar-refractivity contribution in [2.75, 3.05) is 26.1 Å². The first kappa shape index (κ1) is 16.0. The first-order chi connectivity index (χ1) is 10.1. The van der Waals surface area contributed by atoms with Crippen LogP contribution in [0.25, 0.3) is 0 Å². The highest BCUT2D eigenvalue weighted by molar-refractivity contribution is 7.92. The van der Waals surface area contributed by atoms with E-state index < -0.39 is 15.1 Å². The summed E-state index contributed by atoms with van der Waals surface area (Å²) < 4.78 is 34.6. The molecule has 1 saturated heterocycles. The number of rotatable bonds is 6. The summed E-state index contributed by atoms with van der Waals surface area (Å²) in [6, 6.07) is 6.77. The Labute approximate surface area is 125 Å². The van der Waals surface area contributed by atoms with Gasteiger partial charge in [-0.1, -0.05) is 18.6 Å². The summed E-state index contributed by atoms with van der Waals surface area (Å²) >= 11 is 0. The van der Waals surface area contributed by atoms with Crippen LogP contribution in [0, 0.1) is 0 Å². The number of hydrogen-bond donors (Lipinski definition) is 0. The number of sulfone groups is 1. The van der Waals surface area contributed by atoms with Gasteiger partial charge in [0.25, 0.3) is 0 Å². The maximum absolute atomic E-state index is 12.6. The van der Waals surface area contributed by atoms with Crippen LogP contribution in [0.4, 0.5) is 0 Å². The molecule has 0 aromatic heterocycles. The van der Waals surface area contributed by atoms with Crippen LogP contribution in [0.1, 0.15) is 29.6 Å². The molecule has 0 spiro atoms. The molecular formula is C15H20O5S. The largest absolute Gasteiger partial charge is 0.490 e. The fourth-order valence-electron chi connectivity index (χ4n) is 2.45. The zero-order valence-corrected chi connectivity index (χ0v) is 12.9. The minimum Gasteiger partial charge on any atom is -0.490 e. The number of hydrogen-bond acceptors (Lipinski definition) is 5. The van der Waals surface area contributed by atoms with E-state index in [-0.39, 0.29) is 11.5 Å². The summed E-state index contributed by atoms with van der Waals surface area (Å²) in [5.41, 5.74) is 0.337. The van der Waals surface area contributed by atoms with Crippen molar-refractivity contribution in [1.82, 2.24) is 0 Å². The lowest BCUT2D eigenvalue weighted by Gasteiger charge is -2.22. The summed E-state index contributed by atoms with van der Waals surface area (Å²) in [6.45, 7) is 0.725. The third-order valence-electron chi connectivity index (χ3n) is 3.57. The number of Topliss-reactive ketones (excluding diaryl/α,β-unsaturated/α-hetero) is 1. The van der Waals surface area contributed by atoms with Crippen LogP contribution in [0.5, 0.6) is 5.75 Å². The summed E-state index contributed by atoms with van der Waals surface area (Å²) in [5, 5.41) is -0.932. The SMILES string of the molecule is COCCOc1ccccc1C(=O)C1CCCCS1(=O)=O. The number of para-hydroxylation sites is 1. The van der Waals surface area contributed by atoms with Gasteiger partial charge in [-0.25, -0.2) is 8.42 Å². The van der Waals surface area contributed by atoms with Crippen LogP contribution in [0.3, 0.4) is 0 Å². The molecule has 0 saturated carbocycles. The zero-order valence-electron chi connectivity index (χ0n) is 12.1. The van der Waals surface area contributed by atoms with Crippen molar-refractivity contribution in [2.24, 2.45) is 0 Å². The van der Waals surface area contributed by atoms with Gasteiger partial charge in [0.05, 0.1) is 17.9 Å². The first-order valence-corrected chi connectivity index (χ1v) is 8.74. The van der Waals surface area contributed by atoms with E-state index in [0.29, 0.717) is 37.4 Å². The Hall–Kier alpha value is -1.40. The van der Waals surface area contributed by atoms with E-state index in [1.165, 1.54) is 0 Å². The Morgan fingerprint density at radius 1 is 1.24 bits per heavy atom. The van der Waals surface area contributed by atoms with E-state index in [9.17, 15) is 13.2 Å². The standard InChI is InChI=1S/C15H20O5S/c1-19-9-10-20-13-7-3-2-6-12(13)15(16)14-8-4-5-11-21(14,17)18/h2-3,6-7,14H,4-5,8-11H2,1H3. The fraction of sp³-hybridized carbons (Fsp3) is 0.533. The maximum Gasteiger partial charge on any atom is 0.184 e. The van der Waals surface area contributed by atoms with E-state index in [2.05, 4.69) is 0 Å². The quantitative estimate of drug-likeness (QED) is 0.592. The van der Waals surface area contributed by atoms with Crippen molar-refractivity contribution in [3.8, 4) is 5.75 Å². The number of carbonyl (C=O) groups excluding carboxylic acids is 1. The van der Waals surface area contributed by atoms with E-state index in [4.69, 9.17) is 9.47 Å². The monoisotopic (exact) mass is 312 g/mol. The van der Waals surface area contributed by atoms with Crippen molar-refractivity contribution in [1.29, 1.82) is 0 Å². The molecule has 1 aliphatic rings. The predicted octanol–water partition coefficient (Wildman–Crippen LogP) is 1.86. The Kier molecular flexibility index (Phi) is 5.36. The third kappa shape index (κ3) is 3.83. The van der Waals surface area contributed by atoms with Gasteiger partial charge >= 0.3 is 0 Å². The Morgan fingerprint density at radius 3 is 2.71 bits per heavy atom. The van der Waals surface area contributed by atoms with Gasteiger partial charge < -0.3 is 9.47 Å². The topological polar surface area (TPSA) is 69.7 Å². The molecule has 1 atom stereocenters. The van der Waals surface area contributed by atoms with Gasteiger partial charge in [-0.3, -0.25) is 4.79 Å². The molecule has 0 radical (unpaired) electrons. The second kappa shape index (κ2) is 7.04. The molecule has 1 aromatic rings. The highest BCUT2D eigenvalue weighted by atomic mass is 32.2. The highest BCUT2D eigenvalue weighted by Crippen LogP contribution is 2.27. The third-order valence-corrected chi connectivity index (χ3v) is 5.74. The average Bonchev–Trinajstić information content (AvgIpc) is 2.47. The predicted molar refractivity (Wildman–Crippen MR) is 79.6 cm³/mol. The van der Waals surface area contributed by atoms with Gasteiger partial charge in [0, 0.05) is 7.11 Å². The molecule has 116 valence electrons. The minimum absolute atomic E-state index is 0.0934. The van der Waals surface area contributed by atoms with E-state index in [1.54, 1.807) is 31.4 Å². The number of ether oxygens (including phenoxy) is 2. The lowest BCUT2D eigenvalue weighted by Crippen LogP contribution is -2.35. The van der Waals surface area contributed by atoms with Crippen LogP contribution in [-0.4, -0.2) is 45.5 Å². The molecular weight excluding hydrogens is 292 g/mol. The van der Waals surface area contributed by atoms with Crippen LogP contribution >= 0.6 is 0 Å². The van der Waals surface area contributed by atoms with Gasteiger partial charge in [-0.2, -0.15) is 0 Å². The normalized spacial score (nSPS) is 20.9. The average molecular weight is 312 g/mol. The zero-order chi connectivity index (χ0) is 15.3. The Morgan fingerprint density at radius 2 is 2.00 bits per heavy atom. The second-order valence-electron chi connectivity index (χ2n) is 5.05. The van der Waals surface area contributed by atoms with Crippen molar-refractivity contribution in [3.63, 3.8) is 0 Å².